The lowest BCUT2D eigenvalue weighted by atomic mass is 10.2. The van der Waals surface area contributed by atoms with E-state index < -0.39 is 0 Å². The van der Waals surface area contributed by atoms with Gasteiger partial charge >= 0.3 is 0 Å². The molecule has 6 heteroatoms. The van der Waals surface area contributed by atoms with Crippen LogP contribution in [0.4, 0.5) is 5.82 Å². The number of fused-ring (bicyclic) bond motifs is 1. The van der Waals surface area contributed by atoms with E-state index in [0.29, 0.717) is 0 Å². The van der Waals surface area contributed by atoms with Crippen molar-refractivity contribution in [1.29, 1.82) is 0 Å². The molecule has 1 unspecified atom stereocenters. The lowest BCUT2D eigenvalue weighted by Crippen LogP contribution is -2.42. The van der Waals surface area contributed by atoms with Crippen molar-refractivity contribution in [1.82, 2.24) is 15.3 Å². The summed E-state index contributed by atoms with van der Waals surface area (Å²) in [6.45, 7) is 9.59. The van der Waals surface area contributed by atoms with Gasteiger partial charge in [0.15, 0.2) is 0 Å². The standard InChI is InChI=1S/C14H20N4OS/c1-8-9(2)20-14-12(8)13(17-10(3)18-14)16-7-11-6-15-4-5-19-11/h11,15H,4-7H2,1-3H3,(H,16,17,18). The molecule has 108 valence electrons. The third kappa shape index (κ3) is 2.63. The lowest BCUT2D eigenvalue weighted by molar-refractivity contribution is 0.0372. The number of hydrogen-bond donors (Lipinski definition) is 2. The van der Waals surface area contributed by atoms with Crippen molar-refractivity contribution in [2.75, 3.05) is 31.6 Å². The molecule has 1 saturated heterocycles. The van der Waals surface area contributed by atoms with Gasteiger partial charge in [0, 0.05) is 24.5 Å². The van der Waals surface area contributed by atoms with E-state index >= 15 is 0 Å². The summed E-state index contributed by atoms with van der Waals surface area (Å²) >= 11 is 1.73. The van der Waals surface area contributed by atoms with Crippen molar-refractivity contribution in [3.63, 3.8) is 0 Å². The molecule has 0 aromatic carbocycles. The Morgan fingerprint density at radius 3 is 2.95 bits per heavy atom. The van der Waals surface area contributed by atoms with Crippen molar-refractivity contribution in [2.24, 2.45) is 0 Å². The Bertz CT molecular complexity index is 619. The molecule has 0 saturated carbocycles. The van der Waals surface area contributed by atoms with E-state index in [2.05, 4.69) is 34.4 Å². The summed E-state index contributed by atoms with van der Waals surface area (Å²) in [7, 11) is 0. The minimum absolute atomic E-state index is 0.203. The second-order valence-electron chi connectivity index (χ2n) is 5.16. The summed E-state index contributed by atoms with van der Waals surface area (Å²) < 4.78 is 5.71. The first kappa shape index (κ1) is 13.7. The van der Waals surface area contributed by atoms with Gasteiger partial charge in [-0.25, -0.2) is 9.97 Å². The van der Waals surface area contributed by atoms with Crippen LogP contribution in [-0.4, -0.2) is 42.3 Å². The minimum Gasteiger partial charge on any atom is -0.374 e. The van der Waals surface area contributed by atoms with E-state index in [1.807, 2.05) is 6.92 Å². The molecule has 5 nitrogen and oxygen atoms in total. The molecule has 1 aliphatic heterocycles. The summed E-state index contributed by atoms with van der Waals surface area (Å²) in [4.78, 5) is 11.5. The number of nitrogens with one attached hydrogen (secondary N) is 2. The zero-order chi connectivity index (χ0) is 14.1. The van der Waals surface area contributed by atoms with Crippen LogP contribution in [0.2, 0.25) is 0 Å². The topological polar surface area (TPSA) is 59.1 Å². The maximum absolute atomic E-state index is 5.71. The van der Waals surface area contributed by atoms with Crippen LogP contribution >= 0.6 is 11.3 Å². The lowest BCUT2D eigenvalue weighted by Gasteiger charge is -2.24. The number of aryl methyl sites for hydroxylation is 3. The van der Waals surface area contributed by atoms with Crippen LogP contribution in [0.25, 0.3) is 10.2 Å². The first-order valence-corrected chi connectivity index (χ1v) is 7.77. The predicted octanol–water partition coefficient (Wildman–Crippen LogP) is 2.02. The highest BCUT2D eigenvalue weighted by molar-refractivity contribution is 7.18. The van der Waals surface area contributed by atoms with E-state index in [1.54, 1.807) is 11.3 Å². The SMILES string of the molecule is Cc1nc(NCC2CNCCO2)c2c(C)c(C)sc2n1. The normalized spacial score (nSPS) is 19.4. The summed E-state index contributed by atoms with van der Waals surface area (Å²) in [5.41, 5.74) is 1.27. The van der Waals surface area contributed by atoms with Gasteiger partial charge in [-0.05, 0) is 26.3 Å². The maximum atomic E-state index is 5.71. The van der Waals surface area contributed by atoms with Crippen LogP contribution in [0.3, 0.4) is 0 Å². The van der Waals surface area contributed by atoms with Crippen molar-refractivity contribution in [3.8, 4) is 0 Å². The van der Waals surface area contributed by atoms with Crippen LogP contribution in [0, 0.1) is 20.8 Å². The van der Waals surface area contributed by atoms with Gasteiger partial charge in [0.2, 0.25) is 0 Å². The zero-order valence-corrected chi connectivity index (χ0v) is 12.9. The number of aromatic nitrogens is 2. The van der Waals surface area contributed by atoms with E-state index in [4.69, 9.17) is 4.74 Å². The summed E-state index contributed by atoms with van der Waals surface area (Å²) in [5.74, 6) is 1.74. The van der Waals surface area contributed by atoms with Crippen molar-refractivity contribution in [2.45, 2.75) is 26.9 Å². The first-order valence-electron chi connectivity index (χ1n) is 6.95. The quantitative estimate of drug-likeness (QED) is 0.906. The fraction of sp³-hybridized carbons (Fsp3) is 0.571. The van der Waals surface area contributed by atoms with Crippen LogP contribution in [0.15, 0.2) is 0 Å². The third-order valence-corrected chi connectivity index (χ3v) is 4.74. The molecule has 0 radical (unpaired) electrons. The summed E-state index contributed by atoms with van der Waals surface area (Å²) in [6.07, 6.45) is 0.203. The van der Waals surface area contributed by atoms with Crippen LogP contribution < -0.4 is 10.6 Å². The Labute approximate surface area is 122 Å². The molecule has 2 aromatic rings. The van der Waals surface area contributed by atoms with Crippen molar-refractivity contribution < 1.29 is 4.74 Å². The molecule has 3 rings (SSSR count). The maximum Gasteiger partial charge on any atom is 0.138 e. The Kier molecular flexibility index (Phi) is 3.87. The minimum atomic E-state index is 0.203. The molecule has 0 bridgehead atoms. The smallest absolute Gasteiger partial charge is 0.138 e. The molecule has 3 heterocycles. The Hall–Kier alpha value is -1.24. The molecule has 0 aliphatic carbocycles. The molecular weight excluding hydrogens is 272 g/mol. The molecule has 1 atom stereocenters. The molecule has 2 aromatic heterocycles. The van der Waals surface area contributed by atoms with Crippen LogP contribution in [0.5, 0.6) is 0 Å². The largest absolute Gasteiger partial charge is 0.374 e. The average Bonchev–Trinajstić information content (AvgIpc) is 2.72. The van der Waals surface area contributed by atoms with E-state index in [-0.39, 0.29) is 6.10 Å². The Balaban J connectivity index is 1.86. The van der Waals surface area contributed by atoms with E-state index in [0.717, 1.165) is 48.1 Å². The molecule has 1 fully saturated rings. The van der Waals surface area contributed by atoms with Gasteiger partial charge in [-0.2, -0.15) is 0 Å². The van der Waals surface area contributed by atoms with Gasteiger partial charge in [-0.15, -0.1) is 11.3 Å². The van der Waals surface area contributed by atoms with Gasteiger partial charge in [0.1, 0.15) is 16.5 Å². The number of anilines is 1. The Morgan fingerprint density at radius 2 is 2.20 bits per heavy atom. The highest BCUT2D eigenvalue weighted by atomic mass is 32.1. The predicted molar refractivity (Wildman–Crippen MR) is 82.7 cm³/mol. The van der Waals surface area contributed by atoms with Gasteiger partial charge in [-0.1, -0.05) is 0 Å². The van der Waals surface area contributed by atoms with Gasteiger partial charge in [-0.3, -0.25) is 0 Å². The van der Waals surface area contributed by atoms with E-state index in [9.17, 15) is 0 Å². The summed E-state index contributed by atoms with van der Waals surface area (Å²) in [5, 5.41) is 7.94. The van der Waals surface area contributed by atoms with E-state index in [1.165, 1.54) is 10.4 Å². The zero-order valence-electron chi connectivity index (χ0n) is 12.1. The van der Waals surface area contributed by atoms with Crippen molar-refractivity contribution >= 4 is 27.4 Å². The highest BCUT2D eigenvalue weighted by Gasteiger charge is 2.16. The number of ether oxygens (including phenoxy) is 1. The van der Waals surface area contributed by atoms with Gasteiger partial charge < -0.3 is 15.4 Å². The monoisotopic (exact) mass is 292 g/mol. The number of hydrogen-bond acceptors (Lipinski definition) is 6. The first-order chi connectivity index (χ1) is 9.65. The van der Waals surface area contributed by atoms with Crippen molar-refractivity contribution in [3.05, 3.63) is 16.3 Å². The number of morpholine rings is 1. The highest BCUT2D eigenvalue weighted by Crippen LogP contribution is 2.33. The molecule has 0 spiro atoms. The molecular formula is C14H20N4OS. The average molecular weight is 292 g/mol. The second-order valence-corrected chi connectivity index (χ2v) is 6.36. The van der Waals surface area contributed by atoms with Gasteiger partial charge in [0.05, 0.1) is 18.1 Å². The molecule has 20 heavy (non-hydrogen) atoms. The van der Waals surface area contributed by atoms with Crippen LogP contribution in [0.1, 0.15) is 16.3 Å². The third-order valence-electron chi connectivity index (χ3n) is 3.64. The molecule has 1 aliphatic rings. The number of rotatable bonds is 3. The number of nitrogens with zero attached hydrogens (tertiary/aromatic N) is 2. The van der Waals surface area contributed by atoms with Crippen LogP contribution in [-0.2, 0) is 4.74 Å². The molecule has 0 amide bonds. The fourth-order valence-electron chi connectivity index (χ4n) is 2.45. The Morgan fingerprint density at radius 1 is 1.35 bits per heavy atom. The second kappa shape index (κ2) is 5.63. The molecule has 2 N–H and O–H groups in total. The summed E-state index contributed by atoms with van der Waals surface area (Å²) in [6, 6.07) is 0. The number of thiophene rings is 1. The fourth-order valence-corrected chi connectivity index (χ4v) is 3.52. The van der Waals surface area contributed by atoms with Gasteiger partial charge in [0.25, 0.3) is 0 Å².